The van der Waals surface area contributed by atoms with Crippen molar-refractivity contribution in [2.45, 2.75) is 32.5 Å². The predicted octanol–water partition coefficient (Wildman–Crippen LogP) is 1.94. The molecule has 0 heterocycles. The molecule has 11 heavy (non-hydrogen) atoms. The van der Waals surface area contributed by atoms with Gasteiger partial charge >= 0.3 is 0 Å². The maximum absolute atomic E-state index is 6.00. The summed E-state index contributed by atoms with van der Waals surface area (Å²) < 4.78 is 0. The van der Waals surface area contributed by atoms with E-state index in [4.69, 9.17) is 7.85 Å². The molecule has 0 unspecified atom stereocenters. The van der Waals surface area contributed by atoms with Crippen LogP contribution in [0.1, 0.15) is 26.7 Å². The summed E-state index contributed by atoms with van der Waals surface area (Å²) >= 11 is 0. The molecule has 2 radical (unpaired) electrons. The van der Waals surface area contributed by atoms with Crippen LogP contribution in [0.4, 0.5) is 0 Å². The van der Waals surface area contributed by atoms with Crippen molar-refractivity contribution >= 4 is 7.85 Å². The van der Waals surface area contributed by atoms with E-state index in [0.717, 1.165) is 6.54 Å². The van der Waals surface area contributed by atoms with Crippen LogP contribution in [0.3, 0.4) is 0 Å². The van der Waals surface area contributed by atoms with E-state index >= 15 is 0 Å². The van der Waals surface area contributed by atoms with E-state index in [9.17, 15) is 0 Å². The highest BCUT2D eigenvalue weighted by Crippen LogP contribution is 2.21. The van der Waals surface area contributed by atoms with Crippen molar-refractivity contribution in [3.05, 3.63) is 0 Å². The van der Waals surface area contributed by atoms with Crippen LogP contribution in [-0.2, 0) is 0 Å². The van der Waals surface area contributed by atoms with Gasteiger partial charge in [-0.05, 0) is 26.6 Å². The number of hydrogen-bond donors (Lipinski definition) is 0. The van der Waals surface area contributed by atoms with E-state index in [1.807, 2.05) is 0 Å². The fourth-order valence-electron chi connectivity index (χ4n) is 1.46. The Bertz CT molecular complexity index is 89.6. The van der Waals surface area contributed by atoms with Gasteiger partial charge in [-0.2, -0.15) is 0 Å². The van der Waals surface area contributed by atoms with Crippen molar-refractivity contribution in [1.29, 1.82) is 0 Å². The minimum absolute atomic E-state index is 0.347. The molecule has 2 heteroatoms. The fraction of sp³-hybridized carbons (Fsp3) is 1.00. The highest BCUT2D eigenvalue weighted by Gasteiger charge is 2.12. The van der Waals surface area contributed by atoms with E-state index in [1.54, 1.807) is 0 Å². The van der Waals surface area contributed by atoms with Crippen molar-refractivity contribution in [1.82, 2.24) is 4.90 Å². The molecule has 0 aromatic rings. The minimum Gasteiger partial charge on any atom is -0.310 e. The molecule has 1 atom stereocenters. The van der Waals surface area contributed by atoms with Crippen molar-refractivity contribution in [3.63, 3.8) is 0 Å². The molecule has 0 aliphatic rings. The first-order chi connectivity index (χ1) is 5.11. The van der Waals surface area contributed by atoms with Gasteiger partial charge in [0.05, 0.1) is 7.85 Å². The number of hydrogen-bond acceptors (Lipinski definition) is 1. The van der Waals surface area contributed by atoms with Crippen LogP contribution in [0, 0.1) is 5.92 Å². The second-order valence-corrected chi connectivity index (χ2v) is 3.50. The second kappa shape index (κ2) is 5.65. The zero-order chi connectivity index (χ0) is 8.85. The summed E-state index contributed by atoms with van der Waals surface area (Å²) in [6.07, 6.45) is 2.40. The predicted molar refractivity (Wildman–Crippen MR) is 52.1 cm³/mol. The van der Waals surface area contributed by atoms with Crippen LogP contribution in [0.5, 0.6) is 0 Å². The molecule has 0 amide bonds. The lowest BCUT2D eigenvalue weighted by Crippen LogP contribution is -2.23. The maximum Gasteiger partial charge on any atom is 0.0720 e. The van der Waals surface area contributed by atoms with Gasteiger partial charge < -0.3 is 4.90 Å². The monoisotopic (exact) mass is 153 g/mol. The quantitative estimate of drug-likeness (QED) is 0.545. The van der Waals surface area contributed by atoms with Crippen molar-refractivity contribution < 1.29 is 0 Å². The Morgan fingerprint density at radius 3 is 1.91 bits per heavy atom. The molecule has 0 aromatic heterocycles. The third-order valence-electron chi connectivity index (χ3n) is 2.23. The second-order valence-electron chi connectivity index (χ2n) is 3.50. The van der Waals surface area contributed by atoms with Crippen molar-refractivity contribution in [2.75, 3.05) is 20.6 Å². The first-order valence-corrected chi connectivity index (χ1v) is 4.52. The Kier molecular flexibility index (Phi) is 5.66. The lowest BCUT2D eigenvalue weighted by atomic mass is 9.74. The molecule has 0 aliphatic heterocycles. The van der Waals surface area contributed by atoms with Gasteiger partial charge in [0.25, 0.3) is 0 Å². The third-order valence-corrected chi connectivity index (χ3v) is 2.23. The van der Waals surface area contributed by atoms with E-state index in [1.165, 1.54) is 12.8 Å². The summed E-state index contributed by atoms with van der Waals surface area (Å²) in [4.78, 5) is 2.16. The molecule has 0 N–H and O–H groups in total. The standard InChI is InChI=1S/C9H20BN/c1-5-8(6-2)9(10)7-11(3)4/h8-9H,5-7H2,1-4H3/t9-/m0/s1. The van der Waals surface area contributed by atoms with E-state index in [0.29, 0.717) is 11.7 Å². The van der Waals surface area contributed by atoms with E-state index < -0.39 is 0 Å². The molecule has 0 spiro atoms. The zero-order valence-corrected chi connectivity index (χ0v) is 8.30. The maximum atomic E-state index is 6.00. The Morgan fingerprint density at radius 2 is 1.64 bits per heavy atom. The highest BCUT2D eigenvalue weighted by molar-refractivity contribution is 6.12. The zero-order valence-electron chi connectivity index (χ0n) is 8.30. The normalized spacial score (nSPS) is 14.4. The SMILES string of the molecule is [B][C@@H](CN(C)C)C(CC)CC. The smallest absolute Gasteiger partial charge is 0.0720 e. The lowest BCUT2D eigenvalue weighted by molar-refractivity contribution is 0.340. The van der Waals surface area contributed by atoms with Crippen LogP contribution in [0.25, 0.3) is 0 Å². The number of nitrogens with zero attached hydrogens (tertiary/aromatic N) is 1. The van der Waals surface area contributed by atoms with Crippen molar-refractivity contribution in [3.8, 4) is 0 Å². The van der Waals surface area contributed by atoms with Crippen LogP contribution in [-0.4, -0.2) is 33.4 Å². The molecule has 0 bridgehead atoms. The van der Waals surface area contributed by atoms with Gasteiger partial charge in [0.2, 0.25) is 0 Å². The minimum atomic E-state index is 0.347. The molecule has 0 aromatic carbocycles. The fourth-order valence-corrected chi connectivity index (χ4v) is 1.46. The molecular formula is C9H20BN. The topological polar surface area (TPSA) is 3.24 Å². The summed E-state index contributed by atoms with van der Waals surface area (Å²) in [5.74, 6) is 1.04. The average molecular weight is 153 g/mol. The Morgan fingerprint density at radius 1 is 1.18 bits per heavy atom. The summed E-state index contributed by atoms with van der Waals surface area (Å²) in [6.45, 7) is 5.43. The molecule has 0 fully saturated rings. The van der Waals surface area contributed by atoms with Crippen LogP contribution >= 0.6 is 0 Å². The van der Waals surface area contributed by atoms with Crippen molar-refractivity contribution in [2.24, 2.45) is 5.92 Å². The molecule has 0 saturated carbocycles. The lowest BCUT2D eigenvalue weighted by Gasteiger charge is -2.24. The summed E-state index contributed by atoms with van der Waals surface area (Å²) in [5, 5.41) is 0. The van der Waals surface area contributed by atoms with Crippen LogP contribution in [0.2, 0.25) is 5.82 Å². The Hall–Kier alpha value is 0.0249. The Balaban J connectivity index is 3.68. The molecule has 64 valence electrons. The number of rotatable bonds is 5. The van der Waals surface area contributed by atoms with Gasteiger partial charge in [0.15, 0.2) is 0 Å². The molecule has 1 nitrogen and oxygen atoms in total. The van der Waals surface area contributed by atoms with Gasteiger partial charge in [-0.3, -0.25) is 0 Å². The summed E-state index contributed by atoms with van der Waals surface area (Å²) in [5.41, 5.74) is 0. The molecular weight excluding hydrogens is 133 g/mol. The first-order valence-electron chi connectivity index (χ1n) is 4.52. The molecule has 0 rings (SSSR count). The van der Waals surface area contributed by atoms with E-state index in [2.05, 4.69) is 32.8 Å². The van der Waals surface area contributed by atoms with Gasteiger partial charge in [-0.25, -0.2) is 0 Å². The molecule has 0 aliphatic carbocycles. The average Bonchev–Trinajstić information content (AvgIpc) is 1.88. The van der Waals surface area contributed by atoms with Gasteiger partial charge in [0.1, 0.15) is 0 Å². The molecule has 0 saturated heterocycles. The summed E-state index contributed by atoms with van der Waals surface area (Å²) in [7, 11) is 10.1. The first kappa shape index (κ1) is 11.0. The van der Waals surface area contributed by atoms with Crippen LogP contribution < -0.4 is 0 Å². The largest absolute Gasteiger partial charge is 0.310 e. The van der Waals surface area contributed by atoms with Crippen LogP contribution in [0.15, 0.2) is 0 Å². The summed E-state index contributed by atoms with van der Waals surface area (Å²) in [6, 6.07) is 0. The Labute approximate surface area is 72.6 Å². The highest BCUT2D eigenvalue weighted by atomic mass is 15.0. The van der Waals surface area contributed by atoms with Gasteiger partial charge in [0, 0.05) is 0 Å². The van der Waals surface area contributed by atoms with Gasteiger partial charge in [-0.1, -0.05) is 32.5 Å². The van der Waals surface area contributed by atoms with E-state index in [-0.39, 0.29) is 0 Å². The van der Waals surface area contributed by atoms with Gasteiger partial charge in [-0.15, -0.1) is 0 Å². The third kappa shape index (κ3) is 4.46.